The third kappa shape index (κ3) is 2.24. The molecule has 0 radical (unpaired) electrons. The van der Waals surface area contributed by atoms with Crippen molar-refractivity contribution in [3.05, 3.63) is 17.3 Å². The van der Waals surface area contributed by atoms with E-state index in [0.717, 1.165) is 35.9 Å². The van der Waals surface area contributed by atoms with E-state index in [0.29, 0.717) is 12.6 Å². The molecule has 2 aromatic heterocycles. The lowest BCUT2D eigenvalue weighted by molar-refractivity contribution is 0.279. The number of thiazole rings is 1. The van der Waals surface area contributed by atoms with Crippen LogP contribution in [0.2, 0.25) is 0 Å². The Morgan fingerprint density at radius 2 is 2.42 bits per heavy atom. The molecule has 104 valence electrons. The van der Waals surface area contributed by atoms with Crippen LogP contribution in [0.5, 0.6) is 0 Å². The highest BCUT2D eigenvalue weighted by atomic mass is 32.1. The first-order chi connectivity index (χ1) is 9.35. The van der Waals surface area contributed by atoms with E-state index in [1.807, 2.05) is 11.6 Å². The van der Waals surface area contributed by atoms with Crippen molar-refractivity contribution in [2.75, 3.05) is 18.1 Å². The normalized spacial score (nSPS) is 19.7. The van der Waals surface area contributed by atoms with Crippen LogP contribution in [0.1, 0.15) is 31.4 Å². The molecule has 3 heterocycles. The summed E-state index contributed by atoms with van der Waals surface area (Å²) in [5, 5.41) is 11.0. The smallest absolute Gasteiger partial charge is 0.195 e. The van der Waals surface area contributed by atoms with Gasteiger partial charge in [-0.2, -0.15) is 0 Å². The second-order valence-corrected chi connectivity index (χ2v) is 5.87. The van der Waals surface area contributed by atoms with Gasteiger partial charge in [-0.3, -0.25) is 4.40 Å². The minimum atomic E-state index is 0.270. The molecule has 5 nitrogen and oxygen atoms in total. The average Bonchev–Trinajstić information content (AvgIpc) is 3.10. The average molecular weight is 280 g/mol. The number of hydrogen-bond donors (Lipinski definition) is 2. The fraction of sp³-hybridized carbons (Fsp3) is 0.615. The van der Waals surface area contributed by atoms with Crippen molar-refractivity contribution in [2.24, 2.45) is 5.73 Å². The summed E-state index contributed by atoms with van der Waals surface area (Å²) in [5.41, 5.74) is 7.01. The Balaban J connectivity index is 1.91. The number of aliphatic hydroxyl groups excluding tert-OH is 1. The molecule has 0 amide bonds. The van der Waals surface area contributed by atoms with Crippen LogP contribution in [-0.2, 0) is 6.54 Å². The summed E-state index contributed by atoms with van der Waals surface area (Å²) >= 11 is 1.65. The molecular weight excluding hydrogens is 260 g/mol. The number of hydrogen-bond acceptors (Lipinski definition) is 5. The van der Waals surface area contributed by atoms with Gasteiger partial charge in [0, 0.05) is 37.3 Å². The van der Waals surface area contributed by atoms with Gasteiger partial charge >= 0.3 is 0 Å². The van der Waals surface area contributed by atoms with Gasteiger partial charge in [0.1, 0.15) is 0 Å². The van der Waals surface area contributed by atoms with Crippen molar-refractivity contribution in [1.29, 1.82) is 0 Å². The zero-order valence-corrected chi connectivity index (χ0v) is 11.8. The summed E-state index contributed by atoms with van der Waals surface area (Å²) in [7, 11) is 0. The third-order valence-corrected chi connectivity index (χ3v) is 4.63. The van der Waals surface area contributed by atoms with Crippen LogP contribution in [0.3, 0.4) is 0 Å². The lowest BCUT2D eigenvalue weighted by Gasteiger charge is -2.25. The molecule has 6 heteroatoms. The van der Waals surface area contributed by atoms with E-state index in [9.17, 15) is 0 Å². The zero-order chi connectivity index (χ0) is 13.2. The molecule has 3 N–H and O–H groups in total. The Hall–Kier alpha value is -1.11. The van der Waals surface area contributed by atoms with Crippen LogP contribution in [0.25, 0.3) is 4.96 Å². The van der Waals surface area contributed by atoms with Crippen LogP contribution in [-0.4, -0.2) is 33.7 Å². The molecule has 0 saturated carbocycles. The standard InChI is InChI=1S/C13H20N4OS/c14-9-11-12(15-13-17(11)6-8-19-13)16-5-1-3-10(16)4-2-7-18/h6,8,10,18H,1-5,7,9,14H2. The van der Waals surface area contributed by atoms with Crippen LogP contribution in [0.4, 0.5) is 5.82 Å². The maximum atomic E-state index is 9.01. The Kier molecular flexibility index (Phi) is 3.72. The predicted molar refractivity (Wildman–Crippen MR) is 77.6 cm³/mol. The lowest BCUT2D eigenvalue weighted by atomic mass is 10.1. The van der Waals surface area contributed by atoms with Crippen LogP contribution in [0, 0.1) is 0 Å². The number of rotatable bonds is 5. The fourth-order valence-electron chi connectivity index (χ4n) is 2.98. The van der Waals surface area contributed by atoms with Gasteiger partial charge in [-0.15, -0.1) is 11.3 Å². The van der Waals surface area contributed by atoms with E-state index >= 15 is 0 Å². The van der Waals surface area contributed by atoms with Crippen molar-refractivity contribution < 1.29 is 5.11 Å². The van der Waals surface area contributed by atoms with Gasteiger partial charge in [0.05, 0.1) is 5.69 Å². The molecule has 1 aliphatic heterocycles. The van der Waals surface area contributed by atoms with Crippen LogP contribution < -0.4 is 10.6 Å². The van der Waals surface area contributed by atoms with Crippen molar-refractivity contribution in [3.8, 4) is 0 Å². The van der Waals surface area contributed by atoms with Crippen molar-refractivity contribution in [3.63, 3.8) is 0 Å². The molecule has 3 rings (SSSR count). The van der Waals surface area contributed by atoms with Crippen LogP contribution >= 0.6 is 11.3 Å². The summed E-state index contributed by atoms with van der Waals surface area (Å²) < 4.78 is 2.10. The molecular formula is C13H20N4OS. The number of fused-ring (bicyclic) bond motifs is 1. The SMILES string of the molecule is NCc1c(N2CCCC2CCCO)nc2sccn12. The maximum Gasteiger partial charge on any atom is 0.195 e. The highest BCUT2D eigenvalue weighted by Crippen LogP contribution is 2.31. The van der Waals surface area contributed by atoms with Gasteiger partial charge in [0.2, 0.25) is 0 Å². The molecule has 19 heavy (non-hydrogen) atoms. The van der Waals surface area contributed by atoms with E-state index in [-0.39, 0.29) is 6.61 Å². The van der Waals surface area contributed by atoms with E-state index < -0.39 is 0 Å². The molecule has 2 aromatic rings. The first-order valence-corrected chi connectivity index (χ1v) is 7.75. The Morgan fingerprint density at radius 1 is 1.53 bits per heavy atom. The number of nitrogens with two attached hydrogens (primary N) is 1. The number of nitrogens with zero attached hydrogens (tertiary/aromatic N) is 3. The van der Waals surface area contributed by atoms with Crippen molar-refractivity contribution in [2.45, 2.75) is 38.3 Å². The monoisotopic (exact) mass is 280 g/mol. The number of imidazole rings is 1. The maximum absolute atomic E-state index is 9.01. The number of anilines is 1. The zero-order valence-electron chi connectivity index (χ0n) is 11.0. The molecule has 0 bridgehead atoms. The second kappa shape index (κ2) is 5.48. The van der Waals surface area contributed by atoms with Crippen molar-refractivity contribution in [1.82, 2.24) is 9.38 Å². The minimum absolute atomic E-state index is 0.270. The molecule has 1 atom stereocenters. The molecule has 0 aliphatic carbocycles. The highest BCUT2D eigenvalue weighted by molar-refractivity contribution is 7.15. The van der Waals surface area contributed by atoms with E-state index in [2.05, 4.69) is 9.30 Å². The summed E-state index contributed by atoms with van der Waals surface area (Å²) in [6.07, 6.45) is 6.32. The molecule has 1 fully saturated rings. The topological polar surface area (TPSA) is 66.8 Å². The van der Waals surface area contributed by atoms with E-state index in [1.54, 1.807) is 11.3 Å². The first kappa shape index (κ1) is 12.9. The van der Waals surface area contributed by atoms with Gasteiger partial charge in [0.15, 0.2) is 10.8 Å². The summed E-state index contributed by atoms with van der Waals surface area (Å²) in [6.45, 7) is 1.83. The number of aliphatic hydroxyl groups is 1. The minimum Gasteiger partial charge on any atom is -0.396 e. The fourth-order valence-corrected chi connectivity index (χ4v) is 3.71. The predicted octanol–water partition coefficient (Wildman–Crippen LogP) is 1.60. The summed E-state index contributed by atoms with van der Waals surface area (Å²) in [5.74, 6) is 1.05. The van der Waals surface area contributed by atoms with Gasteiger partial charge in [0.25, 0.3) is 0 Å². The molecule has 1 saturated heterocycles. The molecule has 0 aromatic carbocycles. The quantitative estimate of drug-likeness (QED) is 0.873. The first-order valence-electron chi connectivity index (χ1n) is 6.87. The van der Waals surface area contributed by atoms with Gasteiger partial charge in [-0.1, -0.05) is 0 Å². The Labute approximate surface area is 116 Å². The van der Waals surface area contributed by atoms with Gasteiger partial charge in [-0.25, -0.2) is 4.98 Å². The third-order valence-electron chi connectivity index (χ3n) is 3.88. The molecule has 1 aliphatic rings. The molecule has 1 unspecified atom stereocenters. The second-order valence-electron chi connectivity index (χ2n) is 5.00. The molecule has 0 spiro atoms. The number of aromatic nitrogens is 2. The van der Waals surface area contributed by atoms with Crippen molar-refractivity contribution >= 4 is 22.1 Å². The van der Waals surface area contributed by atoms with E-state index in [4.69, 9.17) is 15.8 Å². The largest absolute Gasteiger partial charge is 0.396 e. The highest BCUT2D eigenvalue weighted by Gasteiger charge is 2.28. The Bertz CT molecular complexity index is 550. The van der Waals surface area contributed by atoms with E-state index in [1.165, 1.54) is 12.8 Å². The van der Waals surface area contributed by atoms with Crippen LogP contribution in [0.15, 0.2) is 11.6 Å². The van der Waals surface area contributed by atoms with Gasteiger partial charge in [-0.05, 0) is 25.7 Å². The van der Waals surface area contributed by atoms with Gasteiger partial charge < -0.3 is 15.7 Å². The summed E-state index contributed by atoms with van der Waals surface area (Å²) in [4.78, 5) is 8.15. The summed E-state index contributed by atoms with van der Waals surface area (Å²) in [6, 6.07) is 0.502. The lowest BCUT2D eigenvalue weighted by Crippen LogP contribution is -2.30. The Morgan fingerprint density at radius 3 is 3.21 bits per heavy atom.